The molecule has 0 amide bonds. The molecule has 0 saturated carbocycles. The number of hydrogen-bond donors (Lipinski definition) is 0. The van der Waals surface area contributed by atoms with Gasteiger partial charge in [-0.1, -0.05) is 71.9 Å². The molecular formula is C26H18ClN3O3. The van der Waals surface area contributed by atoms with Crippen LogP contribution in [0.1, 0.15) is 22.9 Å². The predicted molar refractivity (Wildman–Crippen MR) is 125 cm³/mol. The largest absolute Gasteiger partial charge is 0.448 e. The van der Waals surface area contributed by atoms with Crippen molar-refractivity contribution >= 4 is 28.6 Å². The molecular weight excluding hydrogens is 438 g/mol. The summed E-state index contributed by atoms with van der Waals surface area (Å²) in [5.41, 5.74) is 6.11. The standard InChI is InChI=1S/C26H18ClN3O3/c27-13-24-28-25(29-33-24)21-14-30(23-12-6-5-11-20(21)23)26(31)32-15-22-18-9-3-1-7-16(18)17-8-2-4-10-19(17)22/h1-12,14,22H,13,15H2. The van der Waals surface area contributed by atoms with Crippen molar-refractivity contribution in [2.24, 2.45) is 0 Å². The Hall–Kier alpha value is -3.90. The minimum absolute atomic E-state index is 0.00821. The summed E-state index contributed by atoms with van der Waals surface area (Å²) in [5, 5.41) is 4.83. The quantitative estimate of drug-likeness (QED) is 0.300. The van der Waals surface area contributed by atoms with E-state index in [1.54, 1.807) is 6.20 Å². The van der Waals surface area contributed by atoms with Crippen LogP contribution in [0.25, 0.3) is 33.4 Å². The molecule has 0 unspecified atom stereocenters. The number of alkyl halides is 1. The van der Waals surface area contributed by atoms with E-state index in [4.69, 9.17) is 20.9 Å². The van der Waals surface area contributed by atoms with Gasteiger partial charge in [0.1, 0.15) is 12.5 Å². The van der Waals surface area contributed by atoms with E-state index in [0.717, 1.165) is 5.39 Å². The van der Waals surface area contributed by atoms with E-state index in [0.29, 0.717) is 22.8 Å². The number of nitrogens with zero attached hydrogens (tertiary/aromatic N) is 3. The third-order valence-corrected chi connectivity index (χ3v) is 6.30. The molecule has 2 aromatic heterocycles. The fourth-order valence-electron chi connectivity index (χ4n) is 4.59. The molecule has 1 aliphatic carbocycles. The Labute approximate surface area is 194 Å². The van der Waals surface area contributed by atoms with Crippen LogP contribution in [-0.4, -0.2) is 27.4 Å². The Bertz CT molecular complexity index is 1460. The summed E-state index contributed by atoms with van der Waals surface area (Å²) in [6, 6.07) is 24.1. The molecule has 0 radical (unpaired) electrons. The number of ether oxygens (including phenoxy) is 1. The first-order valence-electron chi connectivity index (χ1n) is 10.6. The van der Waals surface area contributed by atoms with Crippen molar-refractivity contribution in [3.05, 3.63) is 96.0 Å². The summed E-state index contributed by atoms with van der Waals surface area (Å²) in [4.78, 5) is 17.5. The molecule has 0 fully saturated rings. The molecule has 3 aromatic carbocycles. The molecule has 0 atom stereocenters. The van der Waals surface area contributed by atoms with E-state index < -0.39 is 6.09 Å². The van der Waals surface area contributed by atoms with Crippen LogP contribution in [0.4, 0.5) is 4.79 Å². The Balaban J connectivity index is 1.32. The van der Waals surface area contributed by atoms with Crippen LogP contribution in [0.2, 0.25) is 0 Å². The van der Waals surface area contributed by atoms with Crippen LogP contribution < -0.4 is 0 Å². The van der Waals surface area contributed by atoms with Gasteiger partial charge in [0.25, 0.3) is 0 Å². The summed E-state index contributed by atoms with van der Waals surface area (Å²) in [7, 11) is 0. The molecule has 162 valence electrons. The van der Waals surface area contributed by atoms with Gasteiger partial charge in [0.2, 0.25) is 11.7 Å². The van der Waals surface area contributed by atoms with E-state index in [1.807, 2.05) is 48.5 Å². The Kier molecular flexibility index (Phi) is 4.73. The lowest BCUT2D eigenvalue weighted by Gasteiger charge is -2.14. The highest BCUT2D eigenvalue weighted by molar-refractivity contribution is 6.16. The number of carbonyl (C=O) groups is 1. The summed E-state index contributed by atoms with van der Waals surface area (Å²) in [5.74, 6) is 0.820. The SMILES string of the molecule is O=C(OCC1c2ccccc2-c2ccccc21)n1cc(-c2noc(CCl)n2)c2ccccc21. The Morgan fingerprint density at radius 2 is 1.61 bits per heavy atom. The van der Waals surface area contributed by atoms with Gasteiger partial charge in [-0.3, -0.25) is 4.57 Å². The minimum atomic E-state index is -0.458. The number of fused-ring (bicyclic) bond motifs is 4. The molecule has 7 heteroatoms. The molecule has 0 aliphatic heterocycles. The average molecular weight is 456 g/mol. The van der Waals surface area contributed by atoms with Gasteiger partial charge in [0.05, 0.1) is 5.52 Å². The Morgan fingerprint density at radius 3 is 2.30 bits per heavy atom. The first kappa shape index (κ1) is 19.8. The summed E-state index contributed by atoms with van der Waals surface area (Å²) >= 11 is 5.80. The van der Waals surface area contributed by atoms with Gasteiger partial charge in [-0.15, -0.1) is 11.6 Å². The molecule has 2 heterocycles. The van der Waals surface area contributed by atoms with Gasteiger partial charge < -0.3 is 9.26 Å². The maximum atomic E-state index is 13.2. The first-order chi connectivity index (χ1) is 16.2. The highest BCUT2D eigenvalue weighted by atomic mass is 35.5. The number of halogens is 1. The fraction of sp³-hybridized carbons (Fsp3) is 0.115. The van der Waals surface area contributed by atoms with Crippen LogP contribution in [-0.2, 0) is 10.6 Å². The Morgan fingerprint density at radius 1 is 0.939 bits per heavy atom. The lowest BCUT2D eigenvalue weighted by Crippen LogP contribution is -2.17. The predicted octanol–water partition coefficient (Wildman–Crippen LogP) is 6.23. The van der Waals surface area contributed by atoms with Gasteiger partial charge in [-0.2, -0.15) is 4.98 Å². The van der Waals surface area contributed by atoms with Gasteiger partial charge in [0.15, 0.2) is 0 Å². The van der Waals surface area contributed by atoms with Crippen molar-refractivity contribution in [3.8, 4) is 22.5 Å². The van der Waals surface area contributed by atoms with Gasteiger partial charge >= 0.3 is 6.09 Å². The molecule has 6 nitrogen and oxygen atoms in total. The van der Waals surface area contributed by atoms with E-state index in [1.165, 1.54) is 26.8 Å². The van der Waals surface area contributed by atoms with Crippen molar-refractivity contribution in [1.82, 2.24) is 14.7 Å². The van der Waals surface area contributed by atoms with Crippen molar-refractivity contribution < 1.29 is 14.1 Å². The zero-order valence-corrected chi connectivity index (χ0v) is 18.2. The fourth-order valence-corrected chi connectivity index (χ4v) is 4.70. The summed E-state index contributed by atoms with van der Waals surface area (Å²) < 4.78 is 12.5. The number of aromatic nitrogens is 3. The normalized spacial score (nSPS) is 12.6. The molecule has 0 saturated heterocycles. The third kappa shape index (κ3) is 3.22. The van der Waals surface area contributed by atoms with E-state index in [2.05, 4.69) is 34.4 Å². The number of benzene rings is 3. The topological polar surface area (TPSA) is 70.2 Å². The van der Waals surface area contributed by atoms with Gasteiger partial charge in [-0.25, -0.2) is 4.79 Å². The van der Waals surface area contributed by atoms with Crippen molar-refractivity contribution in [2.75, 3.05) is 6.61 Å². The molecule has 33 heavy (non-hydrogen) atoms. The first-order valence-corrected chi connectivity index (χ1v) is 11.1. The number of rotatable bonds is 4. The van der Waals surface area contributed by atoms with E-state index in [9.17, 15) is 4.79 Å². The molecule has 0 spiro atoms. The van der Waals surface area contributed by atoms with E-state index >= 15 is 0 Å². The highest BCUT2D eigenvalue weighted by Gasteiger charge is 2.29. The second kappa shape index (κ2) is 7.90. The number of para-hydroxylation sites is 1. The maximum absolute atomic E-state index is 13.2. The number of carbonyl (C=O) groups excluding carboxylic acids is 1. The van der Waals surface area contributed by atoms with Crippen LogP contribution in [0.5, 0.6) is 0 Å². The van der Waals surface area contributed by atoms with Gasteiger partial charge in [0, 0.05) is 23.1 Å². The molecule has 0 N–H and O–H groups in total. The van der Waals surface area contributed by atoms with Gasteiger partial charge in [-0.05, 0) is 28.3 Å². The smallest absolute Gasteiger partial charge is 0.418 e. The number of hydrogen-bond acceptors (Lipinski definition) is 5. The lowest BCUT2D eigenvalue weighted by molar-refractivity contribution is 0.145. The maximum Gasteiger partial charge on any atom is 0.418 e. The zero-order chi connectivity index (χ0) is 22.4. The second-order valence-electron chi connectivity index (χ2n) is 7.88. The van der Waals surface area contributed by atoms with Crippen molar-refractivity contribution in [3.63, 3.8) is 0 Å². The van der Waals surface area contributed by atoms with Crippen LogP contribution >= 0.6 is 11.6 Å². The lowest BCUT2D eigenvalue weighted by atomic mass is 9.98. The van der Waals surface area contributed by atoms with Crippen LogP contribution in [0.3, 0.4) is 0 Å². The third-order valence-electron chi connectivity index (χ3n) is 6.07. The average Bonchev–Trinajstić information content (AvgIpc) is 3.57. The monoisotopic (exact) mass is 455 g/mol. The van der Waals surface area contributed by atoms with Crippen molar-refractivity contribution in [2.45, 2.75) is 11.8 Å². The van der Waals surface area contributed by atoms with Crippen LogP contribution in [0, 0.1) is 0 Å². The summed E-state index contributed by atoms with van der Waals surface area (Å²) in [6.45, 7) is 0.243. The van der Waals surface area contributed by atoms with Crippen LogP contribution in [0.15, 0.2) is 83.5 Å². The molecule has 5 aromatic rings. The molecule has 0 bridgehead atoms. The summed E-state index contributed by atoms with van der Waals surface area (Å²) in [6.07, 6.45) is 1.23. The molecule has 6 rings (SSSR count). The van der Waals surface area contributed by atoms with Crippen molar-refractivity contribution in [1.29, 1.82) is 0 Å². The second-order valence-corrected chi connectivity index (χ2v) is 8.15. The minimum Gasteiger partial charge on any atom is -0.448 e. The molecule has 1 aliphatic rings. The zero-order valence-electron chi connectivity index (χ0n) is 17.4. The highest BCUT2D eigenvalue weighted by Crippen LogP contribution is 2.44. The van der Waals surface area contributed by atoms with E-state index in [-0.39, 0.29) is 18.4 Å².